The fourth-order valence-electron chi connectivity index (χ4n) is 3.17. The van der Waals surface area contributed by atoms with Crippen LogP contribution in [0.5, 0.6) is 0 Å². The van der Waals surface area contributed by atoms with Gasteiger partial charge in [0.2, 0.25) is 5.91 Å². The summed E-state index contributed by atoms with van der Waals surface area (Å²) in [5, 5.41) is 12.6. The predicted molar refractivity (Wildman–Crippen MR) is 85.0 cm³/mol. The van der Waals surface area contributed by atoms with Gasteiger partial charge < -0.3 is 10.4 Å². The van der Waals surface area contributed by atoms with Crippen molar-refractivity contribution in [2.45, 2.75) is 51.4 Å². The van der Waals surface area contributed by atoms with Crippen molar-refractivity contribution in [1.29, 1.82) is 0 Å². The first-order chi connectivity index (χ1) is 10.6. The summed E-state index contributed by atoms with van der Waals surface area (Å²) in [5.41, 5.74) is 0.943. The number of amides is 1. The molecule has 2 rings (SSSR count). The van der Waals surface area contributed by atoms with Gasteiger partial charge in [0.1, 0.15) is 5.82 Å². The summed E-state index contributed by atoms with van der Waals surface area (Å²) in [7, 11) is 0. The Morgan fingerprint density at radius 3 is 2.50 bits per heavy atom. The fraction of sp³-hybridized carbons (Fsp3) is 0.611. The molecule has 1 amide bonds. The van der Waals surface area contributed by atoms with Gasteiger partial charge >= 0.3 is 0 Å². The third-order valence-electron chi connectivity index (χ3n) is 4.69. The molecule has 0 bridgehead atoms. The molecular weight excluding hydrogens is 281 g/mol. The third kappa shape index (κ3) is 5.09. The van der Waals surface area contributed by atoms with E-state index in [1.807, 2.05) is 0 Å². The van der Waals surface area contributed by atoms with E-state index in [2.05, 4.69) is 5.32 Å². The zero-order valence-corrected chi connectivity index (χ0v) is 13.1. The molecule has 0 saturated heterocycles. The van der Waals surface area contributed by atoms with Crippen molar-refractivity contribution in [2.24, 2.45) is 5.41 Å². The van der Waals surface area contributed by atoms with Gasteiger partial charge in [0.05, 0.1) is 6.61 Å². The number of halogens is 1. The lowest BCUT2D eigenvalue weighted by atomic mass is 9.74. The van der Waals surface area contributed by atoms with Crippen LogP contribution < -0.4 is 5.32 Å². The summed E-state index contributed by atoms with van der Waals surface area (Å²) in [6.07, 6.45) is 7.51. The van der Waals surface area contributed by atoms with Gasteiger partial charge in [-0.2, -0.15) is 0 Å². The van der Waals surface area contributed by atoms with Crippen LogP contribution in [-0.4, -0.2) is 24.2 Å². The molecule has 2 N–H and O–H groups in total. The summed E-state index contributed by atoms with van der Waals surface area (Å²) in [6.45, 7) is 0.738. The van der Waals surface area contributed by atoms with E-state index in [1.54, 1.807) is 12.1 Å². The lowest BCUT2D eigenvalue weighted by Crippen LogP contribution is -2.41. The zero-order valence-electron chi connectivity index (χ0n) is 13.1. The normalized spacial score (nSPS) is 17.2. The van der Waals surface area contributed by atoms with Gasteiger partial charge in [-0.1, -0.05) is 31.4 Å². The van der Waals surface area contributed by atoms with Gasteiger partial charge in [0.15, 0.2) is 0 Å². The van der Waals surface area contributed by atoms with Gasteiger partial charge in [-0.25, -0.2) is 4.39 Å². The second kappa shape index (κ2) is 8.28. The molecule has 1 fully saturated rings. The van der Waals surface area contributed by atoms with E-state index in [0.717, 1.165) is 44.1 Å². The zero-order chi connectivity index (χ0) is 15.8. The minimum atomic E-state index is -0.233. The highest BCUT2D eigenvalue weighted by Crippen LogP contribution is 2.35. The number of rotatable bonds is 7. The SMILES string of the molecule is O=C(CCCc1ccc(F)cc1)NCC1(CO)CCCCC1. The van der Waals surface area contributed by atoms with Crippen molar-refractivity contribution in [3.8, 4) is 0 Å². The molecule has 0 unspecified atom stereocenters. The molecular formula is C18H26FNO2. The molecule has 22 heavy (non-hydrogen) atoms. The van der Waals surface area contributed by atoms with Gasteiger partial charge in [-0.15, -0.1) is 0 Å². The Morgan fingerprint density at radius 2 is 1.86 bits per heavy atom. The number of aliphatic hydroxyl groups is 1. The summed E-state index contributed by atoms with van der Waals surface area (Å²) >= 11 is 0. The number of nitrogens with one attached hydrogen (secondary N) is 1. The number of hydrogen-bond acceptors (Lipinski definition) is 2. The maximum atomic E-state index is 12.8. The highest BCUT2D eigenvalue weighted by molar-refractivity contribution is 5.75. The molecule has 122 valence electrons. The summed E-state index contributed by atoms with van der Waals surface area (Å²) < 4.78 is 12.8. The number of benzene rings is 1. The second-order valence-electron chi connectivity index (χ2n) is 6.48. The van der Waals surface area contributed by atoms with Gasteiger partial charge in [0.25, 0.3) is 0 Å². The van der Waals surface area contributed by atoms with Crippen LogP contribution in [0.4, 0.5) is 4.39 Å². The Hall–Kier alpha value is -1.42. The summed E-state index contributed by atoms with van der Waals surface area (Å²) in [6, 6.07) is 6.42. The molecule has 1 aliphatic carbocycles. The van der Waals surface area contributed by atoms with Crippen LogP contribution in [0, 0.1) is 11.2 Å². The average molecular weight is 307 g/mol. The van der Waals surface area contributed by atoms with Crippen LogP contribution in [0.25, 0.3) is 0 Å². The van der Waals surface area contributed by atoms with Crippen molar-refractivity contribution in [1.82, 2.24) is 5.32 Å². The minimum Gasteiger partial charge on any atom is -0.396 e. The number of carbonyl (C=O) groups excluding carboxylic acids is 1. The smallest absolute Gasteiger partial charge is 0.220 e. The quantitative estimate of drug-likeness (QED) is 0.812. The Kier molecular flexibility index (Phi) is 6.37. The van der Waals surface area contributed by atoms with E-state index in [-0.39, 0.29) is 23.7 Å². The first kappa shape index (κ1) is 16.9. The van der Waals surface area contributed by atoms with Crippen LogP contribution in [0.15, 0.2) is 24.3 Å². The fourth-order valence-corrected chi connectivity index (χ4v) is 3.17. The van der Waals surface area contributed by atoms with Crippen LogP contribution >= 0.6 is 0 Å². The molecule has 4 heteroatoms. The van der Waals surface area contributed by atoms with E-state index in [0.29, 0.717) is 13.0 Å². The Labute approximate surface area is 131 Å². The minimum absolute atomic E-state index is 0.0421. The molecule has 0 radical (unpaired) electrons. The van der Waals surface area contributed by atoms with E-state index in [4.69, 9.17) is 0 Å². The monoisotopic (exact) mass is 307 g/mol. The number of carbonyl (C=O) groups is 1. The highest BCUT2D eigenvalue weighted by Gasteiger charge is 2.31. The number of hydrogen-bond donors (Lipinski definition) is 2. The van der Waals surface area contributed by atoms with E-state index < -0.39 is 0 Å². The van der Waals surface area contributed by atoms with E-state index >= 15 is 0 Å². The van der Waals surface area contributed by atoms with Gasteiger partial charge in [0, 0.05) is 18.4 Å². The summed E-state index contributed by atoms with van der Waals surface area (Å²) in [4.78, 5) is 11.9. The molecule has 0 aromatic heterocycles. The van der Waals surface area contributed by atoms with Gasteiger partial charge in [-0.05, 0) is 43.4 Å². The van der Waals surface area contributed by atoms with Crippen molar-refractivity contribution in [3.63, 3.8) is 0 Å². The number of aliphatic hydroxyl groups excluding tert-OH is 1. The summed E-state index contributed by atoms with van der Waals surface area (Å²) in [5.74, 6) is -0.191. The Morgan fingerprint density at radius 1 is 1.18 bits per heavy atom. The van der Waals surface area contributed by atoms with Gasteiger partial charge in [-0.3, -0.25) is 4.79 Å². The molecule has 0 atom stereocenters. The Balaban J connectivity index is 1.68. The van der Waals surface area contributed by atoms with Crippen molar-refractivity contribution >= 4 is 5.91 Å². The molecule has 1 aromatic rings. The average Bonchev–Trinajstić information content (AvgIpc) is 2.56. The second-order valence-corrected chi connectivity index (χ2v) is 6.48. The first-order valence-corrected chi connectivity index (χ1v) is 8.26. The van der Waals surface area contributed by atoms with Crippen LogP contribution in [-0.2, 0) is 11.2 Å². The molecule has 1 aromatic carbocycles. The molecule has 0 aliphatic heterocycles. The van der Waals surface area contributed by atoms with Crippen LogP contribution in [0.3, 0.4) is 0 Å². The third-order valence-corrected chi connectivity index (χ3v) is 4.69. The standard InChI is InChI=1S/C18H26FNO2/c19-16-9-7-15(8-10-16)5-4-6-17(22)20-13-18(14-21)11-2-1-3-12-18/h7-10,21H,1-6,11-14H2,(H,20,22). The maximum Gasteiger partial charge on any atom is 0.220 e. The largest absolute Gasteiger partial charge is 0.396 e. The molecule has 3 nitrogen and oxygen atoms in total. The number of aryl methyl sites for hydroxylation is 1. The van der Waals surface area contributed by atoms with Crippen molar-refractivity contribution in [3.05, 3.63) is 35.6 Å². The van der Waals surface area contributed by atoms with Crippen LogP contribution in [0.1, 0.15) is 50.5 Å². The molecule has 1 aliphatic rings. The lowest BCUT2D eigenvalue weighted by Gasteiger charge is -2.35. The molecule has 0 spiro atoms. The molecule has 1 saturated carbocycles. The van der Waals surface area contributed by atoms with E-state index in [1.165, 1.54) is 18.6 Å². The van der Waals surface area contributed by atoms with Crippen LogP contribution in [0.2, 0.25) is 0 Å². The lowest BCUT2D eigenvalue weighted by molar-refractivity contribution is -0.122. The molecule has 0 heterocycles. The predicted octanol–water partition coefficient (Wildman–Crippen LogP) is 3.21. The van der Waals surface area contributed by atoms with E-state index in [9.17, 15) is 14.3 Å². The van der Waals surface area contributed by atoms with Crippen molar-refractivity contribution in [2.75, 3.05) is 13.2 Å². The highest BCUT2D eigenvalue weighted by atomic mass is 19.1. The van der Waals surface area contributed by atoms with Crippen molar-refractivity contribution < 1.29 is 14.3 Å². The first-order valence-electron chi connectivity index (χ1n) is 8.26. The Bertz CT molecular complexity index is 466. The maximum absolute atomic E-state index is 12.8. The topological polar surface area (TPSA) is 49.3 Å².